The van der Waals surface area contributed by atoms with Crippen LogP contribution in [-0.2, 0) is 0 Å². The molecule has 0 heterocycles. The van der Waals surface area contributed by atoms with E-state index in [0.29, 0.717) is 13.0 Å². The second kappa shape index (κ2) is 7.06. The molecule has 1 rings (SSSR count). The average molecular weight is 302 g/mol. The molecule has 1 aromatic carbocycles. The van der Waals surface area contributed by atoms with Crippen molar-refractivity contribution in [2.45, 2.75) is 19.4 Å². The zero-order valence-corrected chi connectivity index (χ0v) is 11.9. The summed E-state index contributed by atoms with van der Waals surface area (Å²) in [5.74, 6) is 0. The van der Waals surface area contributed by atoms with E-state index in [2.05, 4.69) is 5.32 Å². The molecular weight excluding hydrogens is 286 g/mol. The number of anilines is 1. The molecule has 0 saturated heterocycles. The molecule has 0 aromatic heterocycles. The summed E-state index contributed by atoms with van der Waals surface area (Å²) in [5.41, 5.74) is 0.0195. The van der Waals surface area contributed by atoms with Crippen LogP contribution in [0.5, 0.6) is 0 Å². The number of hydrogen-bond donors (Lipinski definition) is 2. The standard InChI is InChI=1S/C12H16ClN3O4/c1-8(17)5-6-15(2)12(18)14-9-3-4-10(13)11(7-9)16(19)20/h3-4,7-8,17H,5-6H2,1-2H3,(H,14,18). The summed E-state index contributed by atoms with van der Waals surface area (Å²) >= 11 is 5.68. The SMILES string of the molecule is CC(O)CCN(C)C(=O)Nc1ccc(Cl)c([N+](=O)[O-])c1. The molecular formula is C12H16ClN3O4. The van der Waals surface area contributed by atoms with Gasteiger partial charge in [-0.25, -0.2) is 4.79 Å². The molecule has 1 atom stereocenters. The van der Waals surface area contributed by atoms with E-state index in [1.165, 1.54) is 23.1 Å². The number of carbonyl (C=O) groups excluding carboxylic acids is 1. The van der Waals surface area contributed by atoms with Gasteiger partial charge in [-0.1, -0.05) is 11.6 Å². The van der Waals surface area contributed by atoms with Crippen LogP contribution in [0.2, 0.25) is 5.02 Å². The maximum absolute atomic E-state index is 11.8. The Morgan fingerprint density at radius 3 is 2.80 bits per heavy atom. The van der Waals surface area contributed by atoms with Gasteiger partial charge in [-0.15, -0.1) is 0 Å². The highest BCUT2D eigenvalue weighted by Gasteiger charge is 2.15. The van der Waals surface area contributed by atoms with E-state index in [1.807, 2.05) is 0 Å². The van der Waals surface area contributed by atoms with Crippen molar-refractivity contribution in [2.24, 2.45) is 0 Å². The molecule has 7 nitrogen and oxygen atoms in total. The van der Waals surface area contributed by atoms with Gasteiger partial charge >= 0.3 is 6.03 Å². The first kappa shape index (κ1) is 16.2. The molecule has 0 aliphatic heterocycles. The normalized spacial score (nSPS) is 11.8. The van der Waals surface area contributed by atoms with E-state index in [0.717, 1.165) is 0 Å². The van der Waals surface area contributed by atoms with Crippen LogP contribution in [0.3, 0.4) is 0 Å². The van der Waals surface area contributed by atoms with Crippen molar-refractivity contribution >= 4 is 29.0 Å². The zero-order chi connectivity index (χ0) is 15.3. The molecule has 0 aliphatic rings. The number of benzene rings is 1. The van der Waals surface area contributed by atoms with Gasteiger partial charge in [0.25, 0.3) is 5.69 Å². The molecule has 0 fully saturated rings. The zero-order valence-electron chi connectivity index (χ0n) is 11.2. The number of rotatable bonds is 5. The highest BCUT2D eigenvalue weighted by atomic mass is 35.5. The lowest BCUT2D eigenvalue weighted by Gasteiger charge is -2.18. The number of amides is 2. The largest absolute Gasteiger partial charge is 0.393 e. The van der Waals surface area contributed by atoms with Crippen molar-refractivity contribution in [3.63, 3.8) is 0 Å². The number of carbonyl (C=O) groups is 1. The number of nitro benzene ring substituents is 1. The molecule has 2 amide bonds. The Kier molecular flexibility index (Phi) is 5.72. The quantitative estimate of drug-likeness (QED) is 0.645. The van der Waals surface area contributed by atoms with Crippen LogP contribution < -0.4 is 5.32 Å². The number of halogens is 1. The monoisotopic (exact) mass is 301 g/mol. The van der Waals surface area contributed by atoms with Crippen LogP contribution in [0.1, 0.15) is 13.3 Å². The van der Waals surface area contributed by atoms with E-state index in [9.17, 15) is 14.9 Å². The average Bonchev–Trinajstić information content (AvgIpc) is 2.37. The molecule has 20 heavy (non-hydrogen) atoms. The Balaban J connectivity index is 2.71. The first-order valence-corrected chi connectivity index (χ1v) is 6.33. The lowest BCUT2D eigenvalue weighted by molar-refractivity contribution is -0.384. The molecule has 0 radical (unpaired) electrons. The van der Waals surface area contributed by atoms with Crippen molar-refractivity contribution in [1.29, 1.82) is 0 Å². The smallest absolute Gasteiger partial charge is 0.321 e. The van der Waals surface area contributed by atoms with E-state index in [4.69, 9.17) is 16.7 Å². The number of urea groups is 1. The van der Waals surface area contributed by atoms with Gasteiger partial charge in [-0.3, -0.25) is 10.1 Å². The molecule has 8 heteroatoms. The van der Waals surface area contributed by atoms with Crippen LogP contribution >= 0.6 is 11.6 Å². The number of nitrogens with zero attached hydrogens (tertiary/aromatic N) is 2. The Morgan fingerprint density at radius 1 is 1.60 bits per heavy atom. The van der Waals surface area contributed by atoms with E-state index < -0.39 is 17.1 Å². The lowest BCUT2D eigenvalue weighted by atomic mass is 10.2. The highest BCUT2D eigenvalue weighted by Crippen LogP contribution is 2.27. The molecule has 0 aliphatic carbocycles. The van der Waals surface area contributed by atoms with Gasteiger partial charge in [-0.2, -0.15) is 0 Å². The third-order valence-electron chi connectivity index (χ3n) is 2.62. The number of nitrogens with one attached hydrogen (secondary N) is 1. The van der Waals surface area contributed by atoms with E-state index in [1.54, 1.807) is 14.0 Å². The van der Waals surface area contributed by atoms with Gasteiger partial charge in [-0.05, 0) is 25.5 Å². The Bertz CT molecular complexity index is 507. The van der Waals surface area contributed by atoms with Crippen molar-refractivity contribution < 1.29 is 14.8 Å². The summed E-state index contributed by atoms with van der Waals surface area (Å²) < 4.78 is 0. The minimum Gasteiger partial charge on any atom is -0.393 e. The van der Waals surface area contributed by atoms with Crippen LogP contribution in [0.4, 0.5) is 16.2 Å². The number of nitro groups is 1. The molecule has 0 spiro atoms. The fourth-order valence-corrected chi connectivity index (χ4v) is 1.62. The Labute approximate surface area is 121 Å². The predicted octanol–water partition coefficient (Wildman–Crippen LogP) is 2.48. The van der Waals surface area contributed by atoms with Gasteiger partial charge in [0.05, 0.1) is 11.0 Å². The van der Waals surface area contributed by atoms with Crippen molar-refractivity contribution in [3.8, 4) is 0 Å². The van der Waals surface area contributed by atoms with Gasteiger partial charge in [0.15, 0.2) is 0 Å². The summed E-state index contributed by atoms with van der Waals surface area (Å²) in [6, 6.07) is 3.62. The van der Waals surface area contributed by atoms with Gasteiger partial charge < -0.3 is 15.3 Å². The summed E-state index contributed by atoms with van der Waals surface area (Å²) in [6.45, 7) is 2.01. The molecule has 0 saturated carbocycles. The Morgan fingerprint density at radius 2 is 2.25 bits per heavy atom. The van der Waals surface area contributed by atoms with Crippen molar-refractivity contribution in [3.05, 3.63) is 33.3 Å². The summed E-state index contributed by atoms with van der Waals surface area (Å²) in [5, 5.41) is 22.4. The number of hydrogen-bond acceptors (Lipinski definition) is 4. The lowest BCUT2D eigenvalue weighted by Crippen LogP contribution is -2.33. The van der Waals surface area contributed by atoms with Crippen molar-refractivity contribution in [2.75, 3.05) is 18.9 Å². The van der Waals surface area contributed by atoms with Gasteiger partial charge in [0.1, 0.15) is 5.02 Å². The van der Waals surface area contributed by atoms with Crippen LogP contribution in [-0.4, -0.2) is 40.7 Å². The van der Waals surface area contributed by atoms with Gasteiger partial charge in [0.2, 0.25) is 0 Å². The van der Waals surface area contributed by atoms with E-state index >= 15 is 0 Å². The second-order valence-electron chi connectivity index (χ2n) is 4.41. The Hall–Kier alpha value is -1.86. The maximum atomic E-state index is 11.8. The topological polar surface area (TPSA) is 95.7 Å². The third-order valence-corrected chi connectivity index (χ3v) is 2.94. The van der Waals surface area contributed by atoms with Gasteiger partial charge in [0, 0.05) is 25.3 Å². The third kappa shape index (κ3) is 4.67. The van der Waals surface area contributed by atoms with Crippen molar-refractivity contribution in [1.82, 2.24) is 4.90 Å². The van der Waals surface area contributed by atoms with Crippen LogP contribution in [0, 0.1) is 10.1 Å². The maximum Gasteiger partial charge on any atom is 0.321 e. The fourth-order valence-electron chi connectivity index (χ4n) is 1.43. The molecule has 0 bridgehead atoms. The predicted molar refractivity (Wildman–Crippen MR) is 76.1 cm³/mol. The highest BCUT2D eigenvalue weighted by molar-refractivity contribution is 6.32. The molecule has 110 valence electrons. The summed E-state index contributed by atoms with van der Waals surface area (Å²) in [6.07, 6.45) is -0.0492. The first-order valence-electron chi connectivity index (χ1n) is 5.95. The minimum atomic E-state index is -0.616. The number of aliphatic hydroxyl groups excluding tert-OH is 1. The van der Waals surface area contributed by atoms with E-state index in [-0.39, 0.29) is 16.4 Å². The first-order chi connectivity index (χ1) is 9.31. The second-order valence-corrected chi connectivity index (χ2v) is 4.82. The minimum absolute atomic E-state index is 0.00968. The molecule has 1 unspecified atom stereocenters. The summed E-state index contributed by atoms with van der Waals surface area (Å²) in [4.78, 5) is 23.3. The van der Waals surface area contributed by atoms with Crippen LogP contribution in [0.15, 0.2) is 18.2 Å². The molecule has 1 aromatic rings. The summed E-state index contributed by atoms with van der Waals surface area (Å²) in [7, 11) is 1.57. The van der Waals surface area contributed by atoms with Crippen LogP contribution in [0.25, 0.3) is 0 Å². The fraction of sp³-hybridized carbons (Fsp3) is 0.417. The number of aliphatic hydroxyl groups is 1. The molecule has 2 N–H and O–H groups in total.